The van der Waals surface area contributed by atoms with E-state index in [2.05, 4.69) is 4.98 Å². The number of carbonyl (C=O) groups is 1. The van der Waals surface area contributed by atoms with Crippen LogP contribution in [0.25, 0.3) is 10.2 Å². The number of aromatic nitrogens is 1. The lowest BCUT2D eigenvalue weighted by Crippen LogP contribution is -2.36. The van der Waals surface area contributed by atoms with E-state index in [0.717, 1.165) is 33.5 Å². The molecule has 29 heavy (non-hydrogen) atoms. The molecule has 0 N–H and O–H groups in total. The maximum atomic E-state index is 13.2. The summed E-state index contributed by atoms with van der Waals surface area (Å²) >= 11 is 1.37. The van der Waals surface area contributed by atoms with Crippen molar-refractivity contribution in [1.82, 2.24) is 9.88 Å². The second-order valence-electron chi connectivity index (χ2n) is 7.24. The van der Waals surface area contributed by atoms with E-state index < -0.39 is 17.6 Å². The molecule has 0 aliphatic carbocycles. The molecule has 3 aromatic rings. The van der Waals surface area contributed by atoms with Crippen LogP contribution in [0.15, 0.2) is 36.4 Å². The summed E-state index contributed by atoms with van der Waals surface area (Å²) in [4.78, 5) is 21.1. The summed E-state index contributed by atoms with van der Waals surface area (Å²) in [5.41, 5.74) is 2.14. The van der Waals surface area contributed by atoms with Crippen molar-refractivity contribution in [3.63, 3.8) is 0 Å². The molecule has 0 fully saturated rings. The van der Waals surface area contributed by atoms with Crippen LogP contribution in [-0.4, -0.2) is 43.0 Å². The molecule has 2 aromatic carbocycles. The lowest BCUT2D eigenvalue weighted by molar-refractivity contribution is -0.137. The van der Waals surface area contributed by atoms with Crippen LogP contribution in [0.3, 0.4) is 0 Å². The van der Waals surface area contributed by atoms with Gasteiger partial charge in [-0.1, -0.05) is 17.4 Å². The molecule has 1 heterocycles. The average Bonchev–Trinajstić information content (AvgIpc) is 3.03. The number of hydrogen-bond acceptors (Lipinski definition) is 4. The van der Waals surface area contributed by atoms with Gasteiger partial charge in [-0.05, 0) is 69.4 Å². The Morgan fingerprint density at radius 2 is 1.76 bits per heavy atom. The van der Waals surface area contributed by atoms with E-state index in [4.69, 9.17) is 0 Å². The van der Waals surface area contributed by atoms with E-state index >= 15 is 0 Å². The van der Waals surface area contributed by atoms with E-state index in [1.165, 1.54) is 28.4 Å². The van der Waals surface area contributed by atoms with Crippen molar-refractivity contribution in [2.45, 2.75) is 20.0 Å². The van der Waals surface area contributed by atoms with Gasteiger partial charge in [0.25, 0.3) is 5.91 Å². The Labute approximate surface area is 171 Å². The largest absolute Gasteiger partial charge is 0.416 e. The zero-order chi connectivity index (χ0) is 21.3. The van der Waals surface area contributed by atoms with Crippen molar-refractivity contribution in [1.29, 1.82) is 0 Å². The van der Waals surface area contributed by atoms with Gasteiger partial charge in [-0.15, -0.1) is 0 Å². The van der Waals surface area contributed by atoms with Gasteiger partial charge in [0.15, 0.2) is 5.13 Å². The maximum Gasteiger partial charge on any atom is 0.416 e. The topological polar surface area (TPSA) is 36.4 Å². The first-order valence-corrected chi connectivity index (χ1v) is 9.89. The molecule has 1 aromatic heterocycles. The van der Waals surface area contributed by atoms with Crippen molar-refractivity contribution >= 4 is 32.6 Å². The number of fused-ring (bicyclic) bond motifs is 1. The summed E-state index contributed by atoms with van der Waals surface area (Å²) in [6, 6.07) is 8.50. The van der Waals surface area contributed by atoms with Crippen LogP contribution in [0.2, 0.25) is 0 Å². The first-order valence-electron chi connectivity index (χ1n) is 9.08. The number of alkyl halides is 3. The minimum Gasteiger partial charge on any atom is -0.308 e. The molecule has 3 rings (SSSR count). The number of likely N-dealkylation sites (N-methyl/N-ethyl adjacent to an activating group) is 1. The van der Waals surface area contributed by atoms with E-state index in [0.29, 0.717) is 18.2 Å². The fourth-order valence-corrected chi connectivity index (χ4v) is 3.92. The van der Waals surface area contributed by atoms with Gasteiger partial charge in [0.05, 0.1) is 15.8 Å². The number of nitrogens with zero attached hydrogens (tertiary/aromatic N) is 3. The molecule has 0 aliphatic rings. The van der Waals surface area contributed by atoms with Crippen LogP contribution in [-0.2, 0) is 6.18 Å². The summed E-state index contributed by atoms with van der Waals surface area (Å²) < 4.78 is 40.2. The standard InChI is InChI=1S/C21H22F3N3OS/c1-13-10-17-18(11-14(13)2)29-20(25-17)27(9-8-26(3)4)19(28)15-6-5-7-16(12-15)21(22,23)24/h5-7,10-12H,8-9H2,1-4H3. The molecular formula is C21H22F3N3OS. The van der Waals surface area contributed by atoms with Gasteiger partial charge in [0, 0.05) is 18.7 Å². The maximum absolute atomic E-state index is 13.2. The van der Waals surface area contributed by atoms with Gasteiger partial charge in [0.2, 0.25) is 0 Å². The number of amides is 1. The van der Waals surface area contributed by atoms with Gasteiger partial charge in [-0.25, -0.2) is 4.98 Å². The quantitative estimate of drug-likeness (QED) is 0.572. The van der Waals surface area contributed by atoms with Crippen molar-refractivity contribution < 1.29 is 18.0 Å². The molecule has 0 atom stereocenters. The Morgan fingerprint density at radius 1 is 1.07 bits per heavy atom. The molecule has 0 saturated carbocycles. The molecule has 0 spiro atoms. The highest BCUT2D eigenvalue weighted by Crippen LogP contribution is 2.33. The number of thiazole rings is 1. The molecular weight excluding hydrogens is 399 g/mol. The molecule has 0 radical (unpaired) electrons. The summed E-state index contributed by atoms with van der Waals surface area (Å²) in [5, 5.41) is 0.481. The highest BCUT2D eigenvalue weighted by atomic mass is 32.1. The Bertz CT molecular complexity index is 1000. The summed E-state index contributed by atoms with van der Waals surface area (Å²) in [6.45, 7) is 4.87. The number of aryl methyl sites for hydroxylation is 2. The van der Waals surface area contributed by atoms with Gasteiger partial charge in [-0.2, -0.15) is 13.2 Å². The van der Waals surface area contributed by atoms with Crippen molar-refractivity contribution in [3.05, 3.63) is 58.7 Å². The van der Waals surface area contributed by atoms with Crippen LogP contribution in [0, 0.1) is 13.8 Å². The molecule has 154 valence electrons. The lowest BCUT2D eigenvalue weighted by atomic mass is 10.1. The Hall–Kier alpha value is -2.45. The highest BCUT2D eigenvalue weighted by Gasteiger charge is 2.31. The lowest BCUT2D eigenvalue weighted by Gasteiger charge is -2.22. The number of benzene rings is 2. The van der Waals surface area contributed by atoms with Crippen LogP contribution >= 0.6 is 11.3 Å². The number of rotatable bonds is 5. The summed E-state index contributed by atoms with van der Waals surface area (Å²) in [6.07, 6.45) is -4.50. The van der Waals surface area contributed by atoms with E-state index in [1.807, 2.05) is 45.0 Å². The summed E-state index contributed by atoms with van der Waals surface area (Å²) in [7, 11) is 3.75. The molecule has 4 nitrogen and oxygen atoms in total. The zero-order valence-electron chi connectivity index (χ0n) is 16.7. The van der Waals surface area contributed by atoms with E-state index in [9.17, 15) is 18.0 Å². The number of halogens is 3. The van der Waals surface area contributed by atoms with Crippen molar-refractivity contribution in [3.8, 4) is 0 Å². The Morgan fingerprint density at radius 3 is 2.41 bits per heavy atom. The van der Waals surface area contributed by atoms with E-state index in [1.54, 1.807) is 0 Å². The number of anilines is 1. The van der Waals surface area contributed by atoms with Crippen LogP contribution in [0.4, 0.5) is 18.3 Å². The van der Waals surface area contributed by atoms with Gasteiger partial charge in [0.1, 0.15) is 0 Å². The van der Waals surface area contributed by atoms with Crippen LogP contribution in [0.1, 0.15) is 27.0 Å². The van der Waals surface area contributed by atoms with Crippen molar-refractivity contribution in [2.75, 3.05) is 32.1 Å². The van der Waals surface area contributed by atoms with Gasteiger partial charge < -0.3 is 4.90 Å². The molecule has 0 bridgehead atoms. The predicted molar refractivity (Wildman–Crippen MR) is 111 cm³/mol. The zero-order valence-corrected chi connectivity index (χ0v) is 17.5. The minimum atomic E-state index is -4.50. The third-order valence-electron chi connectivity index (χ3n) is 4.68. The fourth-order valence-electron chi connectivity index (χ4n) is 2.85. The first-order chi connectivity index (χ1) is 13.6. The molecule has 1 amide bonds. The highest BCUT2D eigenvalue weighted by molar-refractivity contribution is 7.22. The second-order valence-corrected chi connectivity index (χ2v) is 8.25. The first kappa shape index (κ1) is 21.3. The number of hydrogen-bond donors (Lipinski definition) is 0. The monoisotopic (exact) mass is 421 g/mol. The number of carbonyl (C=O) groups excluding carboxylic acids is 1. The second kappa shape index (κ2) is 8.12. The Balaban J connectivity index is 2.02. The van der Waals surface area contributed by atoms with E-state index in [-0.39, 0.29) is 5.56 Å². The van der Waals surface area contributed by atoms with Gasteiger partial charge in [-0.3, -0.25) is 9.69 Å². The normalized spacial score (nSPS) is 12.0. The van der Waals surface area contributed by atoms with Crippen LogP contribution in [0.5, 0.6) is 0 Å². The predicted octanol–water partition coefficient (Wildman–Crippen LogP) is 5.14. The fraction of sp³-hybridized carbons (Fsp3) is 0.333. The molecule has 8 heteroatoms. The third kappa shape index (κ3) is 4.76. The molecule has 0 aliphatic heterocycles. The third-order valence-corrected chi connectivity index (χ3v) is 5.72. The van der Waals surface area contributed by atoms with Crippen molar-refractivity contribution in [2.24, 2.45) is 0 Å². The smallest absolute Gasteiger partial charge is 0.308 e. The van der Waals surface area contributed by atoms with Crippen LogP contribution < -0.4 is 4.90 Å². The molecule has 0 unspecified atom stereocenters. The minimum absolute atomic E-state index is 0.00908. The molecule has 0 saturated heterocycles. The summed E-state index contributed by atoms with van der Waals surface area (Å²) in [5.74, 6) is -0.495. The SMILES string of the molecule is Cc1cc2nc(N(CCN(C)C)C(=O)c3cccc(C(F)(F)F)c3)sc2cc1C. The van der Waals surface area contributed by atoms with Gasteiger partial charge >= 0.3 is 6.18 Å². The Kier molecular flexibility index (Phi) is 5.95. The average molecular weight is 421 g/mol.